The van der Waals surface area contributed by atoms with Crippen LogP contribution < -0.4 is 10.1 Å². The summed E-state index contributed by atoms with van der Waals surface area (Å²) in [6.07, 6.45) is 5.58. The van der Waals surface area contributed by atoms with Crippen LogP contribution in [0.15, 0.2) is 6.20 Å². The number of hydrogen-bond acceptors (Lipinski definition) is 3. The average molecular weight is 237 g/mol. The highest BCUT2D eigenvalue weighted by Crippen LogP contribution is 2.33. The van der Waals surface area contributed by atoms with Gasteiger partial charge in [0.05, 0.1) is 19.0 Å². The molecule has 4 heteroatoms. The molecule has 0 aromatic carbocycles. The van der Waals surface area contributed by atoms with Gasteiger partial charge in [-0.1, -0.05) is 13.8 Å². The van der Waals surface area contributed by atoms with Crippen LogP contribution in [0.25, 0.3) is 0 Å². The van der Waals surface area contributed by atoms with E-state index in [-0.39, 0.29) is 5.41 Å². The van der Waals surface area contributed by atoms with Crippen LogP contribution in [0, 0.1) is 0 Å². The quantitative estimate of drug-likeness (QED) is 0.820. The molecule has 1 aliphatic carbocycles. The lowest BCUT2D eigenvalue weighted by Gasteiger charge is -2.26. The molecule has 1 aliphatic rings. The Bertz CT molecular complexity index is 380. The molecule has 1 N–H and O–H groups in total. The molecule has 1 aromatic heterocycles. The Labute approximate surface area is 103 Å². The first-order valence-electron chi connectivity index (χ1n) is 6.34. The third-order valence-corrected chi connectivity index (χ3v) is 3.53. The van der Waals surface area contributed by atoms with Crippen molar-refractivity contribution in [1.29, 1.82) is 0 Å². The smallest absolute Gasteiger partial charge is 0.160 e. The van der Waals surface area contributed by atoms with Gasteiger partial charge in [0.1, 0.15) is 0 Å². The van der Waals surface area contributed by atoms with Gasteiger partial charge in [-0.2, -0.15) is 5.10 Å². The van der Waals surface area contributed by atoms with Crippen LogP contribution in [-0.2, 0) is 12.5 Å². The SMILES string of the molecule is COc1cnn(C)c1C(C)(C)CCNC1CC1. The van der Waals surface area contributed by atoms with Crippen molar-refractivity contribution in [2.45, 2.75) is 44.6 Å². The Morgan fingerprint density at radius 1 is 1.53 bits per heavy atom. The number of rotatable bonds is 6. The third-order valence-electron chi connectivity index (χ3n) is 3.53. The lowest BCUT2D eigenvalue weighted by molar-refractivity contribution is 0.370. The minimum Gasteiger partial charge on any atom is -0.493 e. The minimum absolute atomic E-state index is 0.0818. The van der Waals surface area contributed by atoms with Crippen LogP contribution in [0.3, 0.4) is 0 Å². The predicted molar refractivity (Wildman–Crippen MR) is 68.4 cm³/mol. The Hall–Kier alpha value is -1.03. The number of nitrogens with zero attached hydrogens (tertiary/aromatic N) is 2. The molecule has 0 atom stereocenters. The van der Waals surface area contributed by atoms with Gasteiger partial charge in [-0.15, -0.1) is 0 Å². The van der Waals surface area contributed by atoms with E-state index in [4.69, 9.17) is 4.74 Å². The molecule has 0 amide bonds. The molecule has 0 radical (unpaired) electrons. The summed E-state index contributed by atoms with van der Waals surface area (Å²) in [5, 5.41) is 7.84. The highest BCUT2D eigenvalue weighted by Gasteiger charge is 2.29. The second-order valence-corrected chi connectivity index (χ2v) is 5.55. The molecule has 17 heavy (non-hydrogen) atoms. The molecule has 1 saturated carbocycles. The fourth-order valence-electron chi connectivity index (χ4n) is 2.33. The molecule has 0 spiro atoms. The Balaban J connectivity index is 2.03. The topological polar surface area (TPSA) is 39.1 Å². The first kappa shape index (κ1) is 12.4. The highest BCUT2D eigenvalue weighted by atomic mass is 16.5. The van der Waals surface area contributed by atoms with E-state index in [1.165, 1.54) is 18.5 Å². The summed E-state index contributed by atoms with van der Waals surface area (Å²) in [5.74, 6) is 0.893. The van der Waals surface area contributed by atoms with E-state index < -0.39 is 0 Å². The molecular weight excluding hydrogens is 214 g/mol. The molecule has 1 heterocycles. The summed E-state index contributed by atoms with van der Waals surface area (Å²) in [7, 11) is 3.69. The van der Waals surface area contributed by atoms with Crippen molar-refractivity contribution in [3.8, 4) is 5.75 Å². The van der Waals surface area contributed by atoms with Gasteiger partial charge in [-0.3, -0.25) is 4.68 Å². The van der Waals surface area contributed by atoms with Crippen LogP contribution >= 0.6 is 0 Å². The van der Waals surface area contributed by atoms with Crippen LogP contribution in [0.2, 0.25) is 0 Å². The summed E-state index contributed by atoms with van der Waals surface area (Å²) < 4.78 is 7.32. The van der Waals surface area contributed by atoms with Crippen molar-refractivity contribution in [1.82, 2.24) is 15.1 Å². The van der Waals surface area contributed by atoms with Gasteiger partial charge in [0.25, 0.3) is 0 Å². The standard InChI is InChI=1S/C13H23N3O/c1-13(2,7-8-14-10-5-6-10)12-11(17-4)9-15-16(12)3/h9-10,14H,5-8H2,1-4H3. The summed E-state index contributed by atoms with van der Waals surface area (Å²) >= 11 is 0. The fraction of sp³-hybridized carbons (Fsp3) is 0.769. The van der Waals surface area contributed by atoms with Crippen molar-refractivity contribution in [3.63, 3.8) is 0 Å². The predicted octanol–water partition coefficient (Wildman–Crippen LogP) is 1.85. The molecule has 2 rings (SSSR count). The van der Waals surface area contributed by atoms with Crippen molar-refractivity contribution < 1.29 is 4.74 Å². The zero-order valence-corrected chi connectivity index (χ0v) is 11.3. The van der Waals surface area contributed by atoms with E-state index in [0.29, 0.717) is 0 Å². The molecule has 0 aliphatic heterocycles. The van der Waals surface area contributed by atoms with Gasteiger partial charge in [-0.25, -0.2) is 0 Å². The van der Waals surface area contributed by atoms with Gasteiger partial charge >= 0.3 is 0 Å². The van der Waals surface area contributed by atoms with Crippen LogP contribution in [-0.4, -0.2) is 29.5 Å². The lowest BCUT2D eigenvalue weighted by atomic mass is 9.85. The number of ether oxygens (including phenoxy) is 1. The third kappa shape index (κ3) is 2.80. The summed E-state index contributed by atoms with van der Waals surface area (Å²) in [5.41, 5.74) is 1.26. The number of hydrogen-bond donors (Lipinski definition) is 1. The van der Waals surface area contributed by atoms with E-state index in [1.54, 1.807) is 13.3 Å². The summed E-state index contributed by atoms with van der Waals surface area (Å²) in [6.45, 7) is 5.56. The largest absolute Gasteiger partial charge is 0.493 e. The maximum Gasteiger partial charge on any atom is 0.160 e. The monoisotopic (exact) mass is 237 g/mol. The molecule has 1 fully saturated rings. The minimum atomic E-state index is 0.0818. The molecule has 0 unspecified atom stereocenters. The number of aryl methyl sites for hydroxylation is 1. The Kier molecular flexibility index (Phi) is 3.43. The van der Waals surface area contributed by atoms with Crippen molar-refractivity contribution in [2.75, 3.05) is 13.7 Å². The number of methoxy groups -OCH3 is 1. The van der Waals surface area contributed by atoms with Crippen LogP contribution in [0.1, 0.15) is 38.8 Å². The molecule has 1 aromatic rings. The second kappa shape index (κ2) is 4.69. The average Bonchev–Trinajstić information content (AvgIpc) is 2.99. The molecular formula is C13H23N3O. The number of aromatic nitrogens is 2. The first-order valence-corrected chi connectivity index (χ1v) is 6.34. The van der Waals surface area contributed by atoms with Gasteiger partial charge in [0.15, 0.2) is 5.75 Å². The number of nitrogens with one attached hydrogen (secondary N) is 1. The maximum absolute atomic E-state index is 5.39. The van der Waals surface area contributed by atoms with E-state index in [0.717, 1.165) is 24.8 Å². The zero-order chi connectivity index (χ0) is 12.5. The van der Waals surface area contributed by atoms with Crippen molar-refractivity contribution in [3.05, 3.63) is 11.9 Å². The van der Waals surface area contributed by atoms with Crippen LogP contribution in [0.4, 0.5) is 0 Å². The second-order valence-electron chi connectivity index (χ2n) is 5.55. The van der Waals surface area contributed by atoms with Crippen molar-refractivity contribution in [2.24, 2.45) is 7.05 Å². The summed E-state index contributed by atoms with van der Waals surface area (Å²) in [6, 6.07) is 0.777. The van der Waals surface area contributed by atoms with Gasteiger partial charge in [0.2, 0.25) is 0 Å². The van der Waals surface area contributed by atoms with Gasteiger partial charge < -0.3 is 10.1 Å². The molecule has 96 valence electrons. The fourth-order valence-corrected chi connectivity index (χ4v) is 2.33. The molecule has 0 bridgehead atoms. The zero-order valence-electron chi connectivity index (χ0n) is 11.3. The van der Waals surface area contributed by atoms with E-state index in [9.17, 15) is 0 Å². The maximum atomic E-state index is 5.39. The molecule has 0 saturated heterocycles. The molecule has 4 nitrogen and oxygen atoms in total. The van der Waals surface area contributed by atoms with Crippen LogP contribution in [0.5, 0.6) is 5.75 Å². The first-order chi connectivity index (χ1) is 8.04. The van der Waals surface area contributed by atoms with E-state index >= 15 is 0 Å². The lowest BCUT2D eigenvalue weighted by Crippen LogP contribution is -2.28. The van der Waals surface area contributed by atoms with E-state index in [2.05, 4.69) is 24.3 Å². The van der Waals surface area contributed by atoms with E-state index in [1.807, 2.05) is 11.7 Å². The van der Waals surface area contributed by atoms with Gasteiger partial charge in [-0.05, 0) is 25.8 Å². The van der Waals surface area contributed by atoms with Gasteiger partial charge in [0, 0.05) is 18.5 Å². The Morgan fingerprint density at radius 2 is 2.24 bits per heavy atom. The summed E-state index contributed by atoms with van der Waals surface area (Å²) in [4.78, 5) is 0. The highest BCUT2D eigenvalue weighted by molar-refractivity contribution is 5.31. The van der Waals surface area contributed by atoms with Crippen molar-refractivity contribution >= 4 is 0 Å². The Morgan fingerprint density at radius 3 is 2.82 bits per heavy atom. The normalized spacial score (nSPS) is 16.2.